The van der Waals surface area contributed by atoms with E-state index in [-0.39, 0.29) is 0 Å². The zero-order valence-corrected chi connectivity index (χ0v) is 4.60. The highest BCUT2D eigenvalue weighted by molar-refractivity contribution is 9.11. The number of hydroxylamine groups is 1. The van der Waals surface area contributed by atoms with Crippen molar-refractivity contribution in [2.24, 2.45) is 0 Å². The number of hydrogen-bond donors (Lipinski definition) is 0. The molecule has 0 aliphatic carbocycles. The van der Waals surface area contributed by atoms with Crippen molar-refractivity contribution in [2.45, 2.75) is 0 Å². The fraction of sp³-hybridized carbons (Fsp3) is 0.333. The largest absolute Gasteiger partial charge is 0.395 e. The summed E-state index contributed by atoms with van der Waals surface area (Å²) in [6, 6.07) is 0. The van der Waals surface area contributed by atoms with Crippen LogP contribution in [0, 0.1) is 0 Å². The van der Waals surface area contributed by atoms with Crippen LogP contribution in [0.1, 0.15) is 0 Å². The van der Waals surface area contributed by atoms with Crippen molar-refractivity contribution in [1.82, 2.24) is 5.48 Å². The molecule has 1 radical (unpaired) electrons. The van der Waals surface area contributed by atoms with Crippen LogP contribution in [0.15, 0.2) is 10.7 Å². The maximum Gasteiger partial charge on any atom is 0.125 e. The van der Waals surface area contributed by atoms with Gasteiger partial charge in [-0.2, -0.15) is 0 Å². The Morgan fingerprint density at radius 2 is 2.83 bits per heavy atom. The predicted octanol–water partition coefficient (Wildman–Crippen LogP) is 0.772. The summed E-state index contributed by atoms with van der Waals surface area (Å²) in [5, 5.41) is 0. The van der Waals surface area contributed by atoms with Crippen LogP contribution in [-0.4, -0.2) is 6.54 Å². The highest BCUT2D eigenvalue weighted by atomic mass is 79.9. The van der Waals surface area contributed by atoms with Crippen LogP contribution in [0.4, 0.5) is 0 Å². The van der Waals surface area contributed by atoms with Gasteiger partial charge in [0.25, 0.3) is 0 Å². The Bertz CT molecular complexity index is 80.9. The highest BCUT2D eigenvalue weighted by Gasteiger charge is 1.99. The summed E-state index contributed by atoms with van der Waals surface area (Å²) in [6.45, 7) is 0.667. The van der Waals surface area contributed by atoms with Crippen LogP contribution in [0.2, 0.25) is 0 Å². The maximum absolute atomic E-state index is 4.47. The number of hydrogen-bond acceptors (Lipinski definition) is 1. The third kappa shape index (κ3) is 0.725. The van der Waals surface area contributed by atoms with Crippen molar-refractivity contribution in [3.05, 3.63) is 10.7 Å². The quantitative estimate of drug-likeness (QED) is 0.498. The summed E-state index contributed by atoms with van der Waals surface area (Å²) in [7, 11) is 0. The van der Waals surface area contributed by atoms with Gasteiger partial charge in [-0.1, -0.05) is 15.9 Å². The smallest absolute Gasteiger partial charge is 0.125 e. The van der Waals surface area contributed by atoms with Gasteiger partial charge in [0.2, 0.25) is 0 Å². The molecule has 0 N–H and O–H groups in total. The molecule has 0 aromatic heterocycles. The lowest BCUT2D eigenvalue weighted by atomic mass is 10.7. The number of rotatable bonds is 0. The third-order valence-electron chi connectivity index (χ3n) is 0.471. The molecule has 0 saturated heterocycles. The molecular weight excluding hydrogens is 146 g/mol. The summed E-state index contributed by atoms with van der Waals surface area (Å²) in [5.41, 5.74) is 3.52. The monoisotopic (exact) mass is 148 g/mol. The first-order valence-corrected chi connectivity index (χ1v) is 2.36. The van der Waals surface area contributed by atoms with Crippen molar-refractivity contribution in [1.29, 1.82) is 0 Å². The lowest BCUT2D eigenvalue weighted by molar-refractivity contribution is 0.158. The summed E-state index contributed by atoms with van der Waals surface area (Å²) < 4.78 is 1.00. The van der Waals surface area contributed by atoms with Gasteiger partial charge in [0.1, 0.15) is 6.26 Å². The predicted molar refractivity (Wildman–Crippen MR) is 25.1 cm³/mol. The van der Waals surface area contributed by atoms with Crippen molar-refractivity contribution in [3.8, 4) is 0 Å². The molecule has 33 valence electrons. The first-order valence-electron chi connectivity index (χ1n) is 1.57. The van der Waals surface area contributed by atoms with Crippen LogP contribution >= 0.6 is 15.9 Å². The first kappa shape index (κ1) is 4.15. The van der Waals surface area contributed by atoms with E-state index in [0.29, 0.717) is 6.54 Å². The lowest BCUT2D eigenvalue weighted by Gasteiger charge is -1.78. The van der Waals surface area contributed by atoms with Gasteiger partial charge in [-0.3, -0.25) is 0 Å². The molecule has 1 rings (SSSR count). The van der Waals surface area contributed by atoms with Crippen LogP contribution in [0.25, 0.3) is 0 Å². The normalized spacial score (nSPS) is 19.8. The van der Waals surface area contributed by atoms with Gasteiger partial charge < -0.3 is 4.84 Å². The zero-order valence-electron chi connectivity index (χ0n) is 3.02. The molecule has 0 aromatic carbocycles. The standard InChI is InChI=1S/C3H3BrNO/c4-3-1-5-6-2-3/h2H,1H2. The molecule has 1 heterocycles. The molecule has 0 unspecified atom stereocenters. The molecule has 0 fully saturated rings. The average molecular weight is 149 g/mol. The van der Waals surface area contributed by atoms with Crippen LogP contribution in [0.5, 0.6) is 0 Å². The Morgan fingerprint density at radius 3 is 3.00 bits per heavy atom. The van der Waals surface area contributed by atoms with E-state index in [2.05, 4.69) is 26.2 Å². The van der Waals surface area contributed by atoms with Crippen molar-refractivity contribution in [2.75, 3.05) is 6.54 Å². The van der Waals surface area contributed by atoms with E-state index in [1.165, 1.54) is 0 Å². The second-order valence-electron chi connectivity index (χ2n) is 0.957. The summed E-state index contributed by atoms with van der Waals surface area (Å²) in [5.74, 6) is 0. The minimum Gasteiger partial charge on any atom is -0.395 e. The van der Waals surface area contributed by atoms with Gasteiger partial charge in [0.05, 0.1) is 11.0 Å². The first-order chi connectivity index (χ1) is 2.89. The Labute approximate surface area is 44.3 Å². The van der Waals surface area contributed by atoms with Gasteiger partial charge >= 0.3 is 0 Å². The second kappa shape index (κ2) is 1.62. The van der Waals surface area contributed by atoms with E-state index in [4.69, 9.17) is 0 Å². The molecule has 0 bridgehead atoms. The molecule has 0 amide bonds. The molecule has 2 nitrogen and oxygen atoms in total. The lowest BCUT2D eigenvalue weighted by Crippen LogP contribution is -1.92. The Morgan fingerprint density at radius 1 is 2.00 bits per heavy atom. The van der Waals surface area contributed by atoms with Crippen molar-refractivity contribution in [3.63, 3.8) is 0 Å². The van der Waals surface area contributed by atoms with Gasteiger partial charge in [-0.25, -0.2) is 0 Å². The van der Waals surface area contributed by atoms with Crippen molar-refractivity contribution < 1.29 is 4.84 Å². The fourth-order valence-electron chi connectivity index (χ4n) is 0.231. The van der Waals surface area contributed by atoms with Gasteiger partial charge in [0, 0.05) is 0 Å². The van der Waals surface area contributed by atoms with Crippen LogP contribution < -0.4 is 5.48 Å². The molecule has 6 heavy (non-hydrogen) atoms. The molecule has 0 saturated carbocycles. The van der Waals surface area contributed by atoms with E-state index in [9.17, 15) is 0 Å². The molecule has 1 aliphatic heterocycles. The van der Waals surface area contributed by atoms with Crippen LogP contribution in [-0.2, 0) is 4.84 Å². The van der Waals surface area contributed by atoms with Gasteiger partial charge in [0.15, 0.2) is 0 Å². The van der Waals surface area contributed by atoms with E-state index >= 15 is 0 Å². The Hall–Kier alpha value is -0.0200. The third-order valence-corrected chi connectivity index (χ3v) is 0.908. The summed E-state index contributed by atoms with van der Waals surface area (Å²) in [6.07, 6.45) is 1.57. The number of halogens is 1. The minimum absolute atomic E-state index is 0.667. The van der Waals surface area contributed by atoms with Gasteiger partial charge in [-0.15, -0.1) is 0 Å². The Kier molecular flexibility index (Phi) is 1.12. The van der Waals surface area contributed by atoms with E-state index < -0.39 is 0 Å². The fourth-order valence-corrected chi connectivity index (χ4v) is 0.417. The van der Waals surface area contributed by atoms with E-state index in [1.807, 2.05) is 0 Å². The highest BCUT2D eigenvalue weighted by Crippen LogP contribution is 2.07. The average Bonchev–Trinajstić information content (AvgIpc) is 1.86. The minimum atomic E-state index is 0.667. The molecule has 0 aromatic rings. The van der Waals surface area contributed by atoms with E-state index in [0.717, 1.165) is 4.48 Å². The SMILES string of the molecule is BrC1=CO[N]C1. The molecular formula is C3H3BrNO. The maximum atomic E-state index is 4.47. The van der Waals surface area contributed by atoms with Crippen LogP contribution in [0.3, 0.4) is 0 Å². The Balaban J connectivity index is 2.45. The molecule has 0 atom stereocenters. The van der Waals surface area contributed by atoms with E-state index in [1.54, 1.807) is 6.26 Å². The topological polar surface area (TPSA) is 23.3 Å². The molecule has 1 aliphatic rings. The molecule has 3 heteroatoms. The number of nitrogens with zero attached hydrogens (tertiary/aromatic N) is 1. The zero-order chi connectivity index (χ0) is 4.41. The summed E-state index contributed by atoms with van der Waals surface area (Å²) >= 11 is 3.18. The van der Waals surface area contributed by atoms with Crippen molar-refractivity contribution >= 4 is 15.9 Å². The second-order valence-corrected chi connectivity index (χ2v) is 1.98. The molecule has 0 spiro atoms. The van der Waals surface area contributed by atoms with Gasteiger partial charge in [-0.05, 0) is 5.48 Å². The summed E-state index contributed by atoms with van der Waals surface area (Å²) in [4.78, 5) is 4.47.